The fourth-order valence-corrected chi connectivity index (χ4v) is 5.82. The summed E-state index contributed by atoms with van der Waals surface area (Å²) in [5.74, 6) is -1.12. The molecule has 4 rings (SSSR count). The Morgan fingerprint density at radius 3 is 2.44 bits per heavy atom. The lowest BCUT2D eigenvalue weighted by Gasteiger charge is -2.38. The summed E-state index contributed by atoms with van der Waals surface area (Å²) in [5.41, 5.74) is 1.58. The number of nitrogens with one attached hydrogen (secondary N) is 1. The van der Waals surface area contributed by atoms with Crippen LogP contribution in [-0.2, 0) is 16.6 Å². The molecule has 3 aromatic carbocycles. The summed E-state index contributed by atoms with van der Waals surface area (Å²) in [6, 6.07) is 18.8. The van der Waals surface area contributed by atoms with E-state index in [-0.39, 0.29) is 46.2 Å². The Bertz CT molecular complexity index is 1480. The smallest absolute Gasteiger partial charge is 0.335 e. The van der Waals surface area contributed by atoms with Crippen LogP contribution >= 0.6 is 0 Å². The van der Waals surface area contributed by atoms with E-state index in [2.05, 4.69) is 9.62 Å². The van der Waals surface area contributed by atoms with Gasteiger partial charge in [0.25, 0.3) is 15.9 Å². The van der Waals surface area contributed by atoms with E-state index in [0.717, 1.165) is 5.56 Å². The second kappa shape index (κ2) is 12.7. The van der Waals surface area contributed by atoms with Crippen molar-refractivity contribution in [1.82, 2.24) is 9.80 Å². The number of carboxylic acids is 1. The first kappa shape index (κ1) is 30.0. The maximum absolute atomic E-state index is 13.7. The number of amides is 1. The molecule has 3 atom stereocenters. The zero-order chi connectivity index (χ0) is 29.7. The minimum atomic E-state index is -3.88. The predicted octanol–water partition coefficient (Wildman–Crippen LogP) is 3.54. The van der Waals surface area contributed by atoms with Crippen molar-refractivity contribution >= 4 is 27.6 Å². The van der Waals surface area contributed by atoms with E-state index >= 15 is 0 Å². The topological polar surface area (TPSA) is 136 Å². The first-order chi connectivity index (χ1) is 19.5. The molecule has 3 aromatic rings. The number of aliphatic hydroxyl groups excluding tert-OH is 1. The van der Waals surface area contributed by atoms with Crippen LogP contribution in [0.1, 0.15) is 40.1 Å². The van der Waals surface area contributed by atoms with Crippen LogP contribution in [0.4, 0.5) is 5.69 Å². The number of nitrogens with zero attached hydrogens (tertiary/aromatic N) is 2. The number of hydrogen-bond acceptors (Lipinski definition) is 7. The summed E-state index contributed by atoms with van der Waals surface area (Å²) in [6.45, 7) is 4.89. The lowest BCUT2D eigenvalue weighted by Crippen LogP contribution is -2.49. The molecule has 0 saturated carbocycles. The van der Waals surface area contributed by atoms with Crippen molar-refractivity contribution in [3.63, 3.8) is 0 Å². The second-order valence-electron chi connectivity index (χ2n) is 10.5. The number of aliphatic hydroxyl groups is 1. The highest BCUT2D eigenvalue weighted by Gasteiger charge is 2.33. The highest BCUT2D eigenvalue weighted by atomic mass is 32.2. The van der Waals surface area contributed by atoms with Crippen LogP contribution in [0.25, 0.3) is 0 Å². The van der Waals surface area contributed by atoms with Crippen LogP contribution in [0, 0.1) is 5.92 Å². The number of fused-ring (bicyclic) bond motifs is 1. The average Bonchev–Trinajstić information content (AvgIpc) is 2.95. The Balaban J connectivity index is 1.60. The van der Waals surface area contributed by atoms with Gasteiger partial charge in [-0.15, -0.1) is 0 Å². The summed E-state index contributed by atoms with van der Waals surface area (Å²) in [6.07, 6.45) is -0.342. The third kappa shape index (κ3) is 7.24. The van der Waals surface area contributed by atoms with Crippen molar-refractivity contribution < 1.29 is 33.0 Å². The van der Waals surface area contributed by atoms with Crippen molar-refractivity contribution in [2.75, 3.05) is 31.5 Å². The van der Waals surface area contributed by atoms with Gasteiger partial charge in [-0.25, -0.2) is 13.2 Å². The molecule has 0 spiro atoms. The predicted molar refractivity (Wildman–Crippen MR) is 155 cm³/mol. The molecule has 1 heterocycles. The van der Waals surface area contributed by atoms with E-state index in [1.807, 2.05) is 14.0 Å². The molecule has 1 aliphatic rings. The number of rotatable bonds is 10. The van der Waals surface area contributed by atoms with Crippen LogP contribution in [0.3, 0.4) is 0 Å². The largest absolute Gasteiger partial charge is 0.488 e. The van der Waals surface area contributed by atoms with Gasteiger partial charge in [-0.05, 0) is 62.0 Å². The van der Waals surface area contributed by atoms with Crippen LogP contribution in [0.15, 0.2) is 77.7 Å². The van der Waals surface area contributed by atoms with E-state index in [9.17, 15) is 23.1 Å². The second-order valence-corrected chi connectivity index (χ2v) is 12.1. The molecule has 41 heavy (non-hydrogen) atoms. The molecule has 0 bridgehead atoms. The number of likely N-dealkylation sites (N-methyl/N-ethyl adjacent to an activating group) is 1. The molecule has 11 heteroatoms. The third-order valence-electron chi connectivity index (χ3n) is 7.12. The first-order valence-electron chi connectivity index (χ1n) is 13.3. The Labute approximate surface area is 240 Å². The number of anilines is 1. The maximum Gasteiger partial charge on any atom is 0.335 e. The summed E-state index contributed by atoms with van der Waals surface area (Å²) < 4.78 is 34.8. The van der Waals surface area contributed by atoms with E-state index < -0.39 is 22.0 Å². The summed E-state index contributed by atoms with van der Waals surface area (Å²) >= 11 is 0. The molecule has 0 unspecified atom stereocenters. The Hall–Kier alpha value is -3.93. The number of hydrogen-bond donors (Lipinski definition) is 3. The highest BCUT2D eigenvalue weighted by molar-refractivity contribution is 7.92. The van der Waals surface area contributed by atoms with Crippen molar-refractivity contribution in [1.29, 1.82) is 0 Å². The van der Waals surface area contributed by atoms with E-state index in [4.69, 9.17) is 9.84 Å². The normalized spacial score (nSPS) is 18.2. The van der Waals surface area contributed by atoms with Crippen LogP contribution < -0.4 is 9.46 Å². The fourth-order valence-electron chi connectivity index (χ4n) is 4.75. The molecule has 0 fully saturated rings. The van der Waals surface area contributed by atoms with E-state index in [1.165, 1.54) is 18.2 Å². The van der Waals surface area contributed by atoms with Gasteiger partial charge in [0.15, 0.2) is 0 Å². The number of carbonyl (C=O) groups is 2. The summed E-state index contributed by atoms with van der Waals surface area (Å²) in [4.78, 5) is 28.6. The molecular weight excluding hydrogens is 546 g/mol. The molecule has 0 aliphatic carbocycles. The Kier molecular flexibility index (Phi) is 9.31. The van der Waals surface area contributed by atoms with Gasteiger partial charge in [-0.3, -0.25) is 14.4 Å². The number of ether oxygens (including phenoxy) is 1. The van der Waals surface area contributed by atoms with Crippen LogP contribution in [0.5, 0.6) is 5.75 Å². The third-order valence-corrected chi connectivity index (χ3v) is 8.51. The van der Waals surface area contributed by atoms with Gasteiger partial charge in [-0.2, -0.15) is 0 Å². The molecular formula is C30H35N3O7S. The van der Waals surface area contributed by atoms with Crippen LogP contribution in [-0.4, -0.2) is 79.2 Å². The maximum atomic E-state index is 13.7. The average molecular weight is 582 g/mol. The van der Waals surface area contributed by atoms with Crippen molar-refractivity contribution in [3.05, 3.63) is 89.5 Å². The SMILES string of the molecule is C[C@@H]1CN([C@@H](C)CO)C(=O)c2cc(NS(=O)(=O)c3ccccc3)ccc2O[C@H]1CN(C)Cc1ccc(C(=O)O)cc1. The van der Waals surface area contributed by atoms with E-state index in [1.54, 1.807) is 66.4 Å². The molecule has 0 saturated heterocycles. The number of sulfonamides is 1. The van der Waals surface area contributed by atoms with Gasteiger partial charge in [0.2, 0.25) is 0 Å². The molecule has 3 N–H and O–H groups in total. The van der Waals surface area contributed by atoms with Crippen molar-refractivity contribution in [3.8, 4) is 5.75 Å². The molecule has 0 radical (unpaired) electrons. The number of carboxylic acid groups (broad SMARTS) is 1. The number of aromatic carboxylic acids is 1. The molecule has 1 amide bonds. The summed E-state index contributed by atoms with van der Waals surface area (Å²) in [5, 5.41) is 19.1. The Morgan fingerprint density at radius 1 is 1.12 bits per heavy atom. The highest BCUT2D eigenvalue weighted by Crippen LogP contribution is 2.31. The van der Waals surface area contributed by atoms with Gasteiger partial charge >= 0.3 is 5.97 Å². The van der Waals surface area contributed by atoms with Crippen molar-refractivity contribution in [2.45, 2.75) is 37.4 Å². The van der Waals surface area contributed by atoms with E-state index in [0.29, 0.717) is 25.4 Å². The number of carbonyl (C=O) groups excluding carboxylic acids is 1. The first-order valence-corrected chi connectivity index (χ1v) is 14.8. The monoisotopic (exact) mass is 581 g/mol. The van der Waals surface area contributed by atoms with Gasteiger partial charge in [0.1, 0.15) is 11.9 Å². The lowest BCUT2D eigenvalue weighted by molar-refractivity contribution is 0.0341. The van der Waals surface area contributed by atoms with Gasteiger partial charge in [-0.1, -0.05) is 37.3 Å². The zero-order valence-electron chi connectivity index (χ0n) is 23.2. The molecule has 0 aromatic heterocycles. The standard InChI is InChI=1S/C30H35N3O7S/c1-20-16-33(21(2)19-34)29(35)26-15-24(31-41(38,39)25-7-5-4-6-8-25)13-14-27(26)40-28(20)18-32(3)17-22-9-11-23(12-10-22)30(36)37/h4-15,20-21,28,31,34H,16-19H2,1-3H3,(H,36,37)/t20-,21+,28+/m1/s1. The summed E-state index contributed by atoms with van der Waals surface area (Å²) in [7, 11) is -1.94. The zero-order valence-corrected chi connectivity index (χ0v) is 24.0. The van der Waals surface area contributed by atoms with Gasteiger partial charge in [0, 0.05) is 31.2 Å². The lowest BCUT2D eigenvalue weighted by atomic mass is 9.99. The van der Waals surface area contributed by atoms with Gasteiger partial charge in [0.05, 0.1) is 28.7 Å². The number of benzene rings is 3. The Morgan fingerprint density at radius 2 is 1.80 bits per heavy atom. The molecule has 10 nitrogen and oxygen atoms in total. The van der Waals surface area contributed by atoms with Crippen molar-refractivity contribution in [2.24, 2.45) is 5.92 Å². The molecule has 218 valence electrons. The quantitative estimate of drug-likeness (QED) is 0.331. The fraction of sp³-hybridized carbons (Fsp3) is 0.333. The molecule has 1 aliphatic heterocycles. The minimum absolute atomic E-state index is 0.0966. The minimum Gasteiger partial charge on any atom is -0.488 e. The van der Waals surface area contributed by atoms with Crippen LogP contribution in [0.2, 0.25) is 0 Å². The van der Waals surface area contributed by atoms with Gasteiger partial charge < -0.3 is 19.8 Å².